The lowest BCUT2D eigenvalue weighted by molar-refractivity contribution is -0.126. The summed E-state index contributed by atoms with van der Waals surface area (Å²) >= 11 is 0. The van der Waals surface area contributed by atoms with Crippen molar-refractivity contribution >= 4 is 21.8 Å². The summed E-state index contributed by atoms with van der Waals surface area (Å²) in [7, 11) is -3.60. The molecule has 0 aliphatic carbocycles. The van der Waals surface area contributed by atoms with Crippen molar-refractivity contribution in [1.29, 1.82) is 0 Å². The van der Waals surface area contributed by atoms with Gasteiger partial charge in [-0.15, -0.1) is 0 Å². The summed E-state index contributed by atoms with van der Waals surface area (Å²) in [5.74, 6) is -0.523. The van der Waals surface area contributed by atoms with Crippen LogP contribution in [-0.4, -0.2) is 49.2 Å². The summed E-state index contributed by atoms with van der Waals surface area (Å²) in [6, 6.07) is 7.42. The Kier molecular flexibility index (Phi) is 8.20. The molecule has 0 spiro atoms. The molecule has 1 aromatic carbocycles. The normalized spacial score (nSPS) is 15.2. The van der Waals surface area contributed by atoms with Crippen LogP contribution in [0.15, 0.2) is 41.6 Å². The second kappa shape index (κ2) is 10.9. The van der Waals surface area contributed by atoms with Crippen LogP contribution in [0.2, 0.25) is 0 Å². The lowest BCUT2D eigenvalue weighted by atomic mass is 9.97. The highest BCUT2D eigenvalue weighted by atomic mass is 32.2. The minimum atomic E-state index is -3.60. The van der Waals surface area contributed by atoms with Crippen LogP contribution in [0.4, 0.5) is 0 Å². The van der Waals surface area contributed by atoms with Crippen LogP contribution in [0.5, 0.6) is 0 Å². The van der Waals surface area contributed by atoms with Gasteiger partial charge in [0.25, 0.3) is 0 Å². The molecule has 1 fully saturated rings. The Morgan fingerprint density at radius 1 is 1.03 bits per heavy atom. The largest absolute Gasteiger partial charge is 0.355 e. The lowest BCUT2D eigenvalue weighted by Gasteiger charge is -2.31. The number of amides is 2. The topological polar surface area (TPSA) is 108 Å². The van der Waals surface area contributed by atoms with Gasteiger partial charge >= 0.3 is 0 Å². The maximum atomic E-state index is 13.2. The van der Waals surface area contributed by atoms with Crippen molar-refractivity contribution in [3.63, 3.8) is 0 Å². The molecule has 2 aromatic rings. The van der Waals surface area contributed by atoms with Gasteiger partial charge in [-0.05, 0) is 62.4 Å². The molecule has 9 heteroatoms. The number of piperidine rings is 1. The zero-order valence-electron chi connectivity index (χ0n) is 19.4. The van der Waals surface area contributed by atoms with Crippen molar-refractivity contribution in [3.8, 4) is 0 Å². The Morgan fingerprint density at radius 2 is 1.64 bits per heavy atom. The average Bonchev–Trinajstić information content (AvgIpc) is 2.77. The van der Waals surface area contributed by atoms with E-state index in [1.807, 2.05) is 45.0 Å². The van der Waals surface area contributed by atoms with E-state index in [2.05, 4.69) is 15.6 Å². The zero-order valence-corrected chi connectivity index (χ0v) is 20.2. The van der Waals surface area contributed by atoms with Crippen LogP contribution in [0.3, 0.4) is 0 Å². The Hall–Kier alpha value is -2.78. The van der Waals surface area contributed by atoms with Gasteiger partial charge < -0.3 is 10.6 Å². The van der Waals surface area contributed by atoms with Gasteiger partial charge in [0.1, 0.15) is 0 Å². The summed E-state index contributed by atoms with van der Waals surface area (Å²) in [5, 5.41) is 5.62. The molecule has 1 aromatic heterocycles. The molecule has 1 aliphatic rings. The van der Waals surface area contributed by atoms with E-state index in [0.717, 1.165) is 22.3 Å². The number of carbonyl (C=O) groups is 2. The van der Waals surface area contributed by atoms with Gasteiger partial charge in [-0.3, -0.25) is 14.6 Å². The molecule has 3 rings (SSSR count). The van der Waals surface area contributed by atoms with Crippen molar-refractivity contribution in [2.24, 2.45) is 5.92 Å². The standard InChI is InChI=1S/C24H32N4O4S/c1-17-14-18(2)23(19(3)15-17)33(31,32)28-12-7-21(8-13-28)24(30)26-11-6-22(29)27-16-20-4-9-25-10-5-20/h4-5,9-10,14-15,21H,6-8,11-13,16H2,1-3H3,(H,26,30)(H,27,29). The summed E-state index contributed by atoms with van der Waals surface area (Å²) < 4.78 is 27.9. The first kappa shape index (κ1) is 24.9. The molecule has 0 atom stereocenters. The number of nitrogens with one attached hydrogen (secondary N) is 2. The highest BCUT2D eigenvalue weighted by Gasteiger charge is 2.33. The number of aromatic nitrogens is 1. The first-order valence-electron chi connectivity index (χ1n) is 11.2. The predicted octanol–water partition coefficient (Wildman–Crippen LogP) is 2.23. The van der Waals surface area contributed by atoms with Crippen molar-refractivity contribution in [2.75, 3.05) is 19.6 Å². The Bertz CT molecular complexity index is 1070. The number of pyridine rings is 1. The molecule has 0 bridgehead atoms. The van der Waals surface area contributed by atoms with E-state index in [-0.39, 0.29) is 30.7 Å². The molecule has 0 radical (unpaired) electrons. The second-order valence-electron chi connectivity index (χ2n) is 8.58. The smallest absolute Gasteiger partial charge is 0.243 e. The monoisotopic (exact) mass is 472 g/mol. The number of sulfonamides is 1. The van der Waals surface area contributed by atoms with Gasteiger partial charge in [0, 0.05) is 50.9 Å². The van der Waals surface area contributed by atoms with E-state index >= 15 is 0 Å². The fourth-order valence-electron chi connectivity index (χ4n) is 4.29. The van der Waals surface area contributed by atoms with E-state index in [4.69, 9.17) is 0 Å². The van der Waals surface area contributed by atoms with Crippen LogP contribution in [0.1, 0.15) is 41.5 Å². The number of hydrogen-bond donors (Lipinski definition) is 2. The van der Waals surface area contributed by atoms with Crippen LogP contribution in [0, 0.1) is 26.7 Å². The molecule has 2 amide bonds. The fourth-order valence-corrected chi connectivity index (χ4v) is 6.18. The van der Waals surface area contributed by atoms with E-state index in [0.29, 0.717) is 37.4 Å². The zero-order chi connectivity index (χ0) is 24.0. The highest BCUT2D eigenvalue weighted by Crippen LogP contribution is 2.28. The van der Waals surface area contributed by atoms with Gasteiger partial charge in [-0.1, -0.05) is 17.7 Å². The average molecular weight is 473 g/mol. The molecule has 1 saturated heterocycles. The first-order valence-corrected chi connectivity index (χ1v) is 12.6. The molecule has 33 heavy (non-hydrogen) atoms. The number of nitrogens with zero attached hydrogens (tertiary/aromatic N) is 2. The minimum Gasteiger partial charge on any atom is -0.355 e. The molecule has 2 heterocycles. The van der Waals surface area contributed by atoms with Crippen LogP contribution >= 0.6 is 0 Å². The quantitative estimate of drug-likeness (QED) is 0.613. The molecular weight excluding hydrogens is 440 g/mol. The molecule has 178 valence electrons. The summed E-state index contributed by atoms with van der Waals surface area (Å²) in [4.78, 5) is 28.8. The molecular formula is C24H32N4O4S. The van der Waals surface area contributed by atoms with Crippen LogP contribution in [-0.2, 0) is 26.2 Å². The minimum absolute atomic E-state index is 0.128. The number of rotatable bonds is 8. The molecule has 0 saturated carbocycles. The van der Waals surface area contributed by atoms with Gasteiger partial charge in [0.15, 0.2) is 0 Å². The first-order chi connectivity index (χ1) is 15.7. The third kappa shape index (κ3) is 6.39. The number of carbonyl (C=O) groups excluding carboxylic acids is 2. The van der Waals surface area contributed by atoms with E-state index in [1.54, 1.807) is 12.4 Å². The molecule has 1 aliphatic heterocycles. The van der Waals surface area contributed by atoms with Crippen LogP contribution in [0.25, 0.3) is 0 Å². The van der Waals surface area contributed by atoms with Gasteiger partial charge in [-0.2, -0.15) is 4.31 Å². The third-order valence-electron chi connectivity index (χ3n) is 5.92. The molecule has 8 nitrogen and oxygen atoms in total. The van der Waals surface area contributed by atoms with Gasteiger partial charge in [0.05, 0.1) is 4.90 Å². The molecule has 0 unspecified atom stereocenters. The van der Waals surface area contributed by atoms with Crippen molar-refractivity contribution in [3.05, 3.63) is 58.9 Å². The SMILES string of the molecule is Cc1cc(C)c(S(=O)(=O)N2CCC(C(=O)NCCC(=O)NCc3ccncc3)CC2)c(C)c1. The third-order valence-corrected chi connectivity index (χ3v) is 8.12. The number of hydrogen-bond acceptors (Lipinski definition) is 5. The van der Waals surface area contributed by atoms with Gasteiger partial charge in [0.2, 0.25) is 21.8 Å². The van der Waals surface area contributed by atoms with E-state index in [9.17, 15) is 18.0 Å². The maximum absolute atomic E-state index is 13.2. The Balaban J connectivity index is 1.45. The number of aryl methyl sites for hydroxylation is 3. The number of benzene rings is 1. The summed E-state index contributed by atoms with van der Waals surface area (Å²) in [6.45, 7) is 6.87. The second-order valence-corrected chi connectivity index (χ2v) is 10.5. The Morgan fingerprint density at radius 3 is 2.24 bits per heavy atom. The van der Waals surface area contributed by atoms with Crippen molar-refractivity contribution < 1.29 is 18.0 Å². The predicted molar refractivity (Wildman–Crippen MR) is 126 cm³/mol. The highest BCUT2D eigenvalue weighted by molar-refractivity contribution is 7.89. The molecule has 2 N–H and O–H groups in total. The fraction of sp³-hybridized carbons (Fsp3) is 0.458. The summed E-state index contributed by atoms with van der Waals surface area (Å²) in [6.07, 6.45) is 4.45. The van der Waals surface area contributed by atoms with Crippen molar-refractivity contribution in [1.82, 2.24) is 19.9 Å². The van der Waals surface area contributed by atoms with Gasteiger partial charge in [-0.25, -0.2) is 8.42 Å². The Labute approximate surface area is 195 Å². The van der Waals surface area contributed by atoms with E-state index in [1.165, 1.54) is 4.31 Å². The summed E-state index contributed by atoms with van der Waals surface area (Å²) in [5.41, 5.74) is 3.48. The van der Waals surface area contributed by atoms with E-state index < -0.39 is 10.0 Å². The van der Waals surface area contributed by atoms with Crippen LogP contribution < -0.4 is 10.6 Å². The lowest BCUT2D eigenvalue weighted by Crippen LogP contribution is -2.43. The van der Waals surface area contributed by atoms with Crippen molar-refractivity contribution in [2.45, 2.75) is 51.5 Å². The maximum Gasteiger partial charge on any atom is 0.243 e.